The summed E-state index contributed by atoms with van der Waals surface area (Å²) in [6, 6.07) is 7.92. The lowest BCUT2D eigenvalue weighted by molar-refractivity contribution is 0.158. The van der Waals surface area contributed by atoms with Crippen LogP contribution in [0.25, 0.3) is 10.9 Å². The van der Waals surface area contributed by atoms with E-state index in [2.05, 4.69) is 19.8 Å². The van der Waals surface area contributed by atoms with Crippen LogP contribution < -0.4 is 10.3 Å². The molecule has 9 heteroatoms. The second kappa shape index (κ2) is 10.4. The first-order valence-electron chi connectivity index (χ1n) is 13.4. The van der Waals surface area contributed by atoms with Crippen LogP contribution in [-0.2, 0) is 13.1 Å². The summed E-state index contributed by atoms with van der Waals surface area (Å²) in [4.78, 5) is 26.4. The van der Waals surface area contributed by atoms with E-state index in [1.165, 1.54) is 12.3 Å². The molecule has 0 N–H and O–H groups in total. The summed E-state index contributed by atoms with van der Waals surface area (Å²) in [6.07, 6.45) is 10.2. The van der Waals surface area contributed by atoms with Gasteiger partial charge in [-0.1, -0.05) is 0 Å². The van der Waals surface area contributed by atoms with E-state index < -0.39 is 11.6 Å². The van der Waals surface area contributed by atoms with E-state index in [-0.39, 0.29) is 28.7 Å². The molecule has 1 saturated carbocycles. The molecule has 6 rings (SSSR count). The number of nitrogens with zero attached hydrogens (tertiary/aromatic N) is 5. The minimum absolute atomic E-state index is 0.0740. The zero-order valence-electron chi connectivity index (χ0n) is 21.8. The Hall–Kier alpha value is -3.72. The number of anilines is 1. The predicted molar refractivity (Wildman–Crippen MR) is 144 cm³/mol. The van der Waals surface area contributed by atoms with Crippen molar-refractivity contribution in [3.05, 3.63) is 99.6 Å². The maximum Gasteiger partial charge on any atom is 0.193 e. The van der Waals surface area contributed by atoms with E-state index in [1.54, 1.807) is 12.4 Å². The predicted octanol–water partition coefficient (Wildman–Crippen LogP) is 5.52. The summed E-state index contributed by atoms with van der Waals surface area (Å²) in [7, 11) is 0. The van der Waals surface area contributed by atoms with E-state index in [0.29, 0.717) is 30.7 Å². The molecule has 0 unspecified atom stereocenters. The van der Waals surface area contributed by atoms with Gasteiger partial charge in [-0.15, -0.1) is 0 Å². The molecule has 1 atom stereocenters. The third-order valence-electron chi connectivity index (χ3n) is 7.78. The molecule has 1 aromatic carbocycles. The molecule has 2 fully saturated rings. The molecule has 3 aromatic heterocycles. The van der Waals surface area contributed by atoms with Crippen LogP contribution in [0.3, 0.4) is 0 Å². The average molecular weight is 534 g/mol. The molecular formula is C30H30F3N5O. The van der Waals surface area contributed by atoms with E-state index in [4.69, 9.17) is 0 Å². The third-order valence-corrected chi connectivity index (χ3v) is 7.78. The van der Waals surface area contributed by atoms with Crippen molar-refractivity contribution in [1.82, 2.24) is 19.4 Å². The fourth-order valence-electron chi connectivity index (χ4n) is 5.70. The van der Waals surface area contributed by atoms with Crippen molar-refractivity contribution < 1.29 is 13.2 Å². The number of benzene rings is 1. The number of aryl methyl sites for hydroxylation is 1. The summed E-state index contributed by atoms with van der Waals surface area (Å²) in [6.45, 7) is 4.32. The molecule has 1 aliphatic carbocycles. The van der Waals surface area contributed by atoms with Gasteiger partial charge in [-0.05, 0) is 56.4 Å². The second-order valence-corrected chi connectivity index (χ2v) is 10.7. The van der Waals surface area contributed by atoms with Gasteiger partial charge >= 0.3 is 0 Å². The highest BCUT2D eigenvalue weighted by Crippen LogP contribution is 2.37. The number of halogens is 3. The van der Waals surface area contributed by atoms with Gasteiger partial charge in [-0.3, -0.25) is 19.7 Å². The van der Waals surface area contributed by atoms with Crippen molar-refractivity contribution in [3.8, 4) is 0 Å². The number of fused-ring (bicyclic) bond motifs is 1. The fourth-order valence-corrected chi connectivity index (χ4v) is 5.70. The van der Waals surface area contributed by atoms with Gasteiger partial charge in [0.15, 0.2) is 17.1 Å². The molecule has 2 aliphatic rings. The van der Waals surface area contributed by atoms with Gasteiger partial charge in [0.05, 0.1) is 23.6 Å². The van der Waals surface area contributed by atoms with Crippen molar-refractivity contribution in [1.29, 1.82) is 0 Å². The van der Waals surface area contributed by atoms with Crippen molar-refractivity contribution in [2.45, 2.75) is 57.8 Å². The van der Waals surface area contributed by atoms with Gasteiger partial charge in [0.1, 0.15) is 5.82 Å². The summed E-state index contributed by atoms with van der Waals surface area (Å²) in [5.41, 5.74) is 3.42. The van der Waals surface area contributed by atoms with Gasteiger partial charge in [0, 0.05) is 79.4 Å². The minimum atomic E-state index is -1.02. The molecule has 6 nitrogen and oxygen atoms in total. The molecule has 39 heavy (non-hydrogen) atoms. The number of hydrogen-bond donors (Lipinski definition) is 0. The summed E-state index contributed by atoms with van der Waals surface area (Å²) >= 11 is 0. The lowest BCUT2D eigenvalue weighted by Crippen LogP contribution is -2.48. The SMILES string of the molecule is Cc1cc(CN(Cc2cn(C3CC3)c3cc(F)c(F)cc3c2=O)[C@H]2CCCN(c3cncc(F)c3)C2)ccn1. The Labute approximate surface area is 224 Å². The van der Waals surface area contributed by atoms with Crippen LogP contribution in [0.5, 0.6) is 0 Å². The Morgan fingerprint density at radius 1 is 1.03 bits per heavy atom. The highest BCUT2D eigenvalue weighted by Gasteiger charge is 2.29. The van der Waals surface area contributed by atoms with Gasteiger partial charge in [0.25, 0.3) is 0 Å². The highest BCUT2D eigenvalue weighted by atomic mass is 19.2. The first-order valence-corrected chi connectivity index (χ1v) is 13.4. The van der Waals surface area contributed by atoms with Crippen molar-refractivity contribution in [2.24, 2.45) is 0 Å². The quantitative estimate of drug-likeness (QED) is 0.313. The molecule has 0 amide bonds. The van der Waals surface area contributed by atoms with Crippen molar-refractivity contribution in [2.75, 3.05) is 18.0 Å². The number of pyridine rings is 3. The Kier molecular flexibility index (Phi) is 6.85. The number of rotatable bonds is 7. The monoisotopic (exact) mass is 533 g/mol. The molecule has 0 bridgehead atoms. The van der Waals surface area contributed by atoms with E-state index >= 15 is 0 Å². The van der Waals surface area contributed by atoms with E-state index in [1.807, 2.05) is 29.8 Å². The zero-order chi connectivity index (χ0) is 27.1. The van der Waals surface area contributed by atoms with Gasteiger partial charge in [-0.25, -0.2) is 13.2 Å². The Balaban J connectivity index is 1.38. The number of hydrogen-bond acceptors (Lipinski definition) is 5. The molecule has 1 aliphatic heterocycles. The number of piperidine rings is 1. The molecule has 202 valence electrons. The average Bonchev–Trinajstić information content (AvgIpc) is 3.77. The summed E-state index contributed by atoms with van der Waals surface area (Å²) in [5, 5.41) is 0.203. The van der Waals surface area contributed by atoms with Crippen LogP contribution in [0.1, 0.15) is 48.5 Å². The molecule has 4 aromatic rings. The highest BCUT2D eigenvalue weighted by molar-refractivity contribution is 5.80. The lowest BCUT2D eigenvalue weighted by Gasteiger charge is -2.40. The summed E-state index contributed by atoms with van der Waals surface area (Å²) < 4.78 is 44.3. The topological polar surface area (TPSA) is 54.3 Å². The van der Waals surface area contributed by atoms with Crippen LogP contribution >= 0.6 is 0 Å². The van der Waals surface area contributed by atoms with Crippen LogP contribution in [0, 0.1) is 24.4 Å². The molecule has 0 radical (unpaired) electrons. The lowest BCUT2D eigenvalue weighted by atomic mass is 10.0. The van der Waals surface area contributed by atoms with E-state index in [9.17, 15) is 18.0 Å². The van der Waals surface area contributed by atoms with Crippen LogP contribution in [0.15, 0.2) is 59.9 Å². The molecule has 0 spiro atoms. The second-order valence-electron chi connectivity index (χ2n) is 10.7. The fraction of sp³-hybridized carbons (Fsp3) is 0.367. The summed E-state index contributed by atoms with van der Waals surface area (Å²) in [5.74, 6) is -2.35. The largest absolute Gasteiger partial charge is 0.369 e. The Bertz CT molecular complexity index is 1590. The molecular weight excluding hydrogens is 503 g/mol. The zero-order valence-corrected chi connectivity index (χ0v) is 21.8. The standard InChI is InChI=1S/C30H30F3N5O/c1-19-9-20(6-7-35-19)15-37(24-3-2-8-36(18-24)25-10-22(31)13-34-14-25)16-21-17-38(23-4-5-23)29-12-28(33)27(32)11-26(29)30(21)39/h6-7,9-14,17,23-24H,2-5,8,15-16,18H2,1H3/t24-/m0/s1. The maximum atomic E-state index is 14.2. The smallest absolute Gasteiger partial charge is 0.193 e. The Morgan fingerprint density at radius 2 is 1.85 bits per heavy atom. The van der Waals surface area contributed by atoms with Gasteiger partial charge < -0.3 is 9.47 Å². The van der Waals surface area contributed by atoms with Gasteiger partial charge in [-0.2, -0.15) is 0 Å². The van der Waals surface area contributed by atoms with Crippen molar-refractivity contribution in [3.63, 3.8) is 0 Å². The number of aromatic nitrogens is 3. The first kappa shape index (κ1) is 25.6. The third kappa shape index (κ3) is 5.41. The molecule has 1 saturated heterocycles. The van der Waals surface area contributed by atoms with Gasteiger partial charge in [0.2, 0.25) is 0 Å². The Morgan fingerprint density at radius 3 is 2.62 bits per heavy atom. The van der Waals surface area contributed by atoms with Crippen LogP contribution in [0.4, 0.5) is 18.9 Å². The van der Waals surface area contributed by atoms with Crippen LogP contribution in [-0.4, -0.2) is 38.6 Å². The maximum absolute atomic E-state index is 14.2. The van der Waals surface area contributed by atoms with E-state index in [0.717, 1.165) is 61.3 Å². The minimum Gasteiger partial charge on any atom is -0.369 e. The first-order chi connectivity index (χ1) is 18.9. The van der Waals surface area contributed by atoms with Crippen molar-refractivity contribution >= 4 is 16.6 Å². The normalized spacial score (nSPS) is 17.8. The molecule has 4 heterocycles. The van der Waals surface area contributed by atoms with Crippen LogP contribution in [0.2, 0.25) is 0 Å².